The molecule has 56 heavy (non-hydrogen) atoms. The molecule has 0 radical (unpaired) electrons. The highest BCUT2D eigenvalue weighted by Gasteiger charge is 2.19. The Hall–Kier alpha value is -7.21. The molecule has 0 bridgehead atoms. The number of para-hydroxylation sites is 1. The summed E-state index contributed by atoms with van der Waals surface area (Å²) in [6, 6.07) is 65.6. The fourth-order valence-electron chi connectivity index (χ4n) is 7.93. The number of nitrogens with zero attached hydrogens (tertiary/aromatic N) is 3. The zero-order valence-electron chi connectivity index (χ0n) is 30.1. The Labute approximate surface area is 327 Å². The quantitative estimate of drug-likeness (QED) is 0.171. The van der Waals surface area contributed by atoms with Crippen molar-refractivity contribution in [1.29, 1.82) is 0 Å². The lowest BCUT2D eigenvalue weighted by atomic mass is 9.95. The largest absolute Gasteiger partial charge is 0.455 e. The molecule has 4 nitrogen and oxygen atoms in total. The Balaban J connectivity index is 1.03. The summed E-state index contributed by atoms with van der Waals surface area (Å²) >= 11 is 1.84. The molecule has 0 saturated heterocycles. The molecule has 0 fully saturated rings. The minimum Gasteiger partial charge on any atom is -0.455 e. The van der Waals surface area contributed by atoms with E-state index in [-0.39, 0.29) is 0 Å². The summed E-state index contributed by atoms with van der Waals surface area (Å²) in [7, 11) is 0. The summed E-state index contributed by atoms with van der Waals surface area (Å²) in [5.41, 5.74) is 11.4. The fourth-order valence-corrected chi connectivity index (χ4v) is 9.10. The molecule has 0 aliphatic rings. The van der Waals surface area contributed by atoms with E-state index in [2.05, 4.69) is 127 Å². The summed E-state index contributed by atoms with van der Waals surface area (Å²) in [5.74, 6) is 1.90. The van der Waals surface area contributed by atoms with Crippen molar-refractivity contribution in [3.8, 4) is 67.5 Å². The molecule has 262 valence electrons. The third-order valence-corrected chi connectivity index (χ3v) is 11.7. The van der Waals surface area contributed by atoms with Gasteiger partial charge in [0.15, 0.2) is 17.5 Å². The van der Waals surface area contributed by atoms with E-state index in [9.17, 15) is 0 Å². The first-order valence-corrected chi connectivity index (χ1v) is 19.5. The summed E-state index contributed by atoms with van der Waals surface area (Å²) in [6.45, 7) is 0. The first-order chi connectivity index (χ1) is 27.7. The van der Waals surface area contributed by atoms with Gasteiger partial charge in [-0.25, -0.2) is 15.0 Å². The predicted octanol–water partition coefficient (Wildman–Crippen LogP) is 14.1. The number of rotatable bonds is 6. The van der Waals surface area contributed by atoms with Gasteiger partial charge in [-0.1, -0.05) is 164 Å². The topological polar surface area (TPSA) is 51.8 Å². The van der Waals surface area contributed by atoms with Crippen molar-refractivity contribution < 1.29 is 4.42 Å². The summed E-state index contributed by atoms with van der Waals surface area (Å²) in [5, 5.41) is 4.75. The SMILES string of the molecule is c1ccc(-c2nc(-c3ccccc3)nc(-c3cccc(-c4cccc5oc6c(-c7ccc8c(c7)sc7cccc(-c9ccccc9)c78)cccc6c45)c3)n2)cc1. The standard InChI is InChI=1S/C51H31N3OS/c1-4-14-32(15-5-1)38-23-13-27-44-47(38)41-29-28-36(31-45(41)56-44)40-24-11-25-42-46-39(22-12-26-43(46)55-48(40)42)35-20-10-21-37(30-35)51-53-49(33-16-6-2-7-17-33)52-50(54-51)34-18-8-3-9-19-34/h1-31H. The molecule has 0 amide bonds. The molecule has 5 heteroatoms. The van der Waals surface area contributed by atoms with E-state index >= 15 is 0 Å². The lowest BCUT2D eigenvalue weighted by molar-refractivity contribution is 0.670. The van der Waals surface area contributed by atoms with E-state index in [1.807, 2.05) is 72.0 Å². The molecule has 0 aliphatic carbocycles. The third kappa shape index (κ3) is 5.48. The minimum atomic E-state index is 0.624. The van der Waals surface area contributed by atoms with Crippen LogP contribution in [0, 0.1) is 0 Å². The van der Waals surface area contributed by atoms with E-state index < -0.39 is 0 Å². The molecule has 0 N–H and O–H groups in total. The zero-order valence-corrected chi connectivity index (χ0v) is 30.9. The molecular formula is C51H31N3OS. The van der Waals surface area contributed by atoms with Gasteiger partial charge in [0, 0.05) is 53.2 Å². The second-order valence-corrected chi connectivity index (χ2v) is 15.0. The van der Waals surface area contributed by atoms with Gasteiger partial charge in [-0.2, -0.15) is 0 Å². The van der Waals surface area contributed by atoms with Crippen LogP contribution in [0.4, 0.5) is 0 Å². The maximum atomic E-state index is 6.76. The first-order valence-electron chi connectivity index (χ1n) is 18.7. The average molecular weight is 734 g/mol. The van der Waals surface area contributed by atoms with Crippen LogP contribution < -0.4 is 0 Å². The van der Waals surface area contributed by atoms with Gasteiger partial charge in [-0.05, 0) is 52.1 Å². The van der Waals surface area contributed by atoms with Gasteiger partial charge >= 0.3 is 0 Å². The van der Waals surface area contributed by atoms with Crippen molar-refractivity contribution in [3.63, 3.8) is 0 Å². The molecule has 0 unspecified atom stereocenters. The monoisotopic (exact) mass is 733 g/mol. The van der Waals surface area contributed by atoms with Crippen LogP contribution in [-0.4, -0.2) is 15.0 Å². The second-order valence-electron chi connectivity index (χ2n) is 13.9. The maximum absolute atomic E-state index is 6.76. The first kappa shape index (κ1) is 32.2. The second kappa shape index (κ2) is 13.3. The van der Waals surface area contributed by atoms with Gasteiger partial charge in [-0.15, -0.1) is 11.3 Å². The third-order valence-electron chi connectivity index (χ3n) is 10.5. The molecular weight excluding hydrogens is 703 g/mol. The molecule has 3 heterocycles. The maximum Gasteiger partial charge on any atom is 0.164 e. The lowest BCUT2D eigenvalue weighted by Gasteiger charge is -2.10. The van der Waals surface area contributed by atoms with Crippen molar-refractivity contribution in [2.24, 2.45) is 0 Å². The van der Waals surface area contributed by atoms with E-state index in [0.29, 0.717) is 17.5 Å². The molecule has 0 spiro atoms. The van der Waals surface area contributed by atoms with Gasteiger partial charge < -0.3 is 4.42 Å². The van der Waals surface area contributed by atoms with Gasteiger partial charge in [0.05, 0.1) is 0 Å². The number of hydrogen-bond acceptors (Lipinski definition) is 5. The minimum absolute atomic E-state index is 0.624. The highest BCUT2D eigenvalue weighted by Crippen LogP contribution is 2.44. The van der Waals surface area contributed by atoms with Gasteiger partial charge in [0.2, 0.25) is 0 Å². The van der Waals surface area contributed by atoms with Crippen molar-refractivity contribution in [2.45, 2.75) is 0 Å². The average Bonchev–Trinajstić information content (AvgIpc) is 3.86. The number of furan rings is 1. The van der Waals surface area contributed by atoms with E-state index in [0.717, 1.165) is 60.9 Å². The van der Waals surface area contributed by atoms with Crippen molar-refractivity contribution >= 4 is 53.4 Å². The zero-order chi connectivity index (χ0) is 37.0. The van der Waals surface area contributed by atoms with Gasteiger partial charge in [-0.3, -0.25) is 0 Å². The van der Waals surface area contributed by atoms with Gasteiger partial charge in [0.25, 0.3) is 0 Å². The predicted molar refractivity (Wildman–Crippen MR) is 233 cm³/mol. The van der Waals surface area contributed by atoms with Crippen LogP contribution in [0.5, 0.6) is 0 Å². The molecule has 11 aromatic rings. The van der Waals surface area contributed by atoms with E-state index in [4.69, 9.17) is 19.4 Å². The number of aromatic nitrogens is 3. The highest BCUT2D eigenvalue weighted by atomic mass is 32.1. The molecule has 0 atom stereocenters. The molecule has 11 rings (SSSR count). The Morgan fingerprint density at radius 3 is 1.59 bits per heavy atom. The smallest absolute Gasteiger partial charge is 0.164 e. The summed E-state index contributed by atoms with van der Waals surface area (Å²) in [6.07, 6.45) is 0. The Bertz CT molecular complexity index is 3180. The normalized spacial score (nSPS) is 11.6. The van der Waals surface area contributed by atoms with Crippen LogP contribution >= 0.6 is 11.3 Å². The van der Waals surface area contributed by atoms with E-state index in [1.165, 1.54) is 31.3 Å². The van der Waals surface area contributed by atoms with Crippen LogP contribution in [-0.2, 0) is 0 Å². The lowest BCUT2D eigenvalue weighted by Crippen LogP contribution is -2.00. The van der Waals surface area contributed by atoms with Crippen molar-refractivity contribution in [1.82, 2.24) is 15.0 Å². The Morgan fingerprint density at radius 2 is 0.875 bits per heavy atom. The van der Waals surface area contributed by atoms with Gasteiger partial charge in [0.1, 0.15) is 11.2 Å². The number of hydrogen-bond donors (Lipinski definition) is 0. The van der Waals surface area contributed by atoms with Crippen LogP contribution in [0.1, 0.15) is 0 Å². The molecule has 0 aliphatic heterocycles. The fraction of sp³-hybridized carbons (Fsp3) is 0. The van der Waals surface area contributed by atoms with Crippen molar-refractivity contribution in [2.75, 3.05) is 0 Å². The number of fused-ring (bicyclic) bond motifs is 6. The summed E-state index contributed by atoms with van der Waals surface area (Å²) in [4.78, 5) is 14.9. The summed E-state index contributed by atoms with van der Waals surface area (Å²) < 4.78 is 9.31. The van der Waals surface area contributed by atoms with Crippen molar-refractivity contribution in [3.05, 3.63) is 188 Å². The molecule has 8 aromatic carbocycles. The van der Waals surface area contributed by atoms with Crippen LogP contribution in [0.3, 0.4) is 0 Å². The Morgan fingerprint density at radius 1 is 0.339 bits per heavy atom. The van der Waals surface area contributed by atoms with Crippen LogP contribution in [0.2, 0.25) is 0 Å². The molecule has 0 saturated carbocycles. The van der Waals surface area contributed by atoms with Crippen LogP contribution in [0.15, 0.2) is 192 Å². The Kier molecular flexibility index (Phi) is 7.64. The van der Waals surface area contributed by atoms with Crippen LogP contribution in [0.25, 0.3) is 110 Å². The number of thiophene rings is 1. The number of benzene rings is 8. The highest BCUT2D eigenvalue weighted by molar-refractivity contribution is 7.26. The van der Waals surface area contributed by atoms with E-state index in [1.54, 1.807) is 0 Å². The molecule has 3 aromatic heterocycles.